The van der Waals surface area contributed by atoms with E-state index in [0.29, 0.717) is 11.4 Å². The Morgan fingerprint density at radius 3 is 2.85 bits per heavy atom. The van der Waals surface area contributed by atoms with Gasteiger partial charge in [-0.25, -0.2) is 0 Å². The third kappa shape index (κ3) is 1.49. The maximum absolute atomic E-state index is 11.5. The minimum absolute atomic E-state index is 0.242. The van der Waals surface area contributed by atoms with Gasteiger partial charge >= 0.3 is 0 Å². The molecule has 0 atom stereocenters. The van der Waals surface area contributed by atoms with Crippen molar-refractivity contribution in [2.45, 2.75) is 26.2 Å². The quantitative estimate of drug-likeness (QED) is 0.620. The number of carbonyl (C=O) groups is 1. The zero-order chi connectivity index (χ0) is 9.42. The summed E-state index contributed by atoms with van der Waals surface area (Å²) < 4.78 is 0. The molecule has 0 N–H and O–H groups in total. The van der Waals surface area contributed by atoms with Crippen LogP contribution >= 0.6 is 11.6 Å². The minimum Gasteiger partial charge on any atom is -0.294 e. The Bertz CT molecular complexity index is 369. The van der Waals surface area contributed by atoms with Crippen LogP contribution in [0.2, 0.25) is 5.02 Å². The van der Waals surface area contributed by atoms with E-state index < -0.39 is 0 Å². The van der Waals surface area contributed by atoms with Gasteiger partial charge in [0.25, 0.3) is 0 Å². The molecular formula is C11H11ClO. The Balaban J connectivity index is 2.63. The van der Waals surface area contributed by atoms with Crippen molar-refractivity contribution >= 4 is 17.4 Å². The molecule has 0 saturated heterocycles. The number of hydrogen-bond donors (Lipinski definition) is 0. The second-order valence-electron chi connectivity index (χ2n) is 3.53. The highest BCUT2D eigenvalue weighted by molar-refractivity contribution is 6.31. The summed E-state index contributed by atoms with van der Waals surface area (Å²) in [6, 6.07) is 3.73. The van der Waals surface area contributed by atoms with Crippen LogP contribution in [0, 0.1) is 6.92 Å². The lowest BCUT2D eigenvalue weighted by Gasteiger charge is -2.17. The van der Waals surface area contributed by atoms with Crippen molar-refractivity contribution in [3.05, 3.63) is 33.8 Å². The average Bonchev–Trinajstić information content (AvgIpc) is 2.07. The number of fused-ring (bicyclic) bond motifs is 1. The average molecular weight is 195 g/mol. The topological polar surface area (TPSA) is 17.1 Å². The van der Waals surface area contributed by atoms with E-state index in [4.69, 9.17) is 11.6 Å². The Kier molecular flexibility index (Phi) is 2.12. The lowest BCUT2D eigenvalue weighted by molar-refractivity contribution is 0.0972. The molecular weight excluding hydrogens is 184 g/mol. The standard InChI is InChI=1S/C11H11ClO/c1-7-5-8(12)6-10-9(7)3-2-4-11(10)13/h5-6H,2-4H2,1H3. The first-order valence-electron chi connectivity index (χ1n) is 4.50. The van der Waals surface area contributed by atoms with E-state index in [1.165, 1.54) is 5.56 Å². The summed E-state index contributed by atoms with van der Waals surface area (Å²) in [5.74, 6) is 0.242. The van der Waals surface area contributed by atoms with Crippen LogP contribution < -0.4 is 0 Å². The van der Waals surface area contributed by atoms with Gasteiger partial charge in [-0.15, -0.1) is 0 Å². The summed E-state index contributed by atoms with van der Waals surface area (Å²) in [5, 5.41) is 0.673. The third-order valence-electron chi connectivity index (χ3n) is 2.57. The highest BCUT2D eigenvalue weighted by Gasteiger charge is 2.18. The molecule has 2 heteroatoms. The number of hydrogen-bond acceptors (Lipinski definition) is 1. The Morgan fingerprint density at radius 1 is 1.31 bits per heavy atom. The highest BCUT2D eigenvalue weighted by Crippen LogP contribution is 2.27. The third-order valence-corrected chi connectivity index (χ3v) is 2.79. The molecule has 2 rings (SSSR count). The molecule has 13 heavy (non-hydrogen) atoms. The number of aryl methyl sites for hydroxylation is 1. The number of benzene rings is 1. The first-order chi connectivity index (χ1) is 6.18. The molecule has 68 valence electrons. The van der Waals surface area contributed by atoms with Gasteiger partial charge in [0.15, 0.2) is 5.78 Å². The summed E-state index contributed by atoms with van der Waals surface area (Å²) in [6.45, 7) is 2.02. The monoisotopic (exact) mass is 194 g/mol. The second-order valence-corrected chi connectivity index (χ2v) is 3.96. The minimum atomic E-state index is 0.242. The lowest BCUT2D eigenvalue weighted by Crippen LogP contribution is -2.11. The predicted octanol–water partition coefficient (Wildman–Crippen LogP) is 3.17. The van der Waals surface area contributed by atoms with Crippen molar-refractivity contribution in [3.8, 4) is 0 Å². The van der Waals surface area contributed by atoms with E-state index in [-0.39, 0.29) is 5.78 Å². The molecule has 1 nitrogen and oxygen atoms in total. The van der Waals surface area contributed by atoms with E-state index in [1.807, 2.05) is 13.0 Å². The fourth-order valence-corrected chi connectivity index (χ4v) is 2.19. The molecule has 1 aromatic rings. The van der Waals surface area contributed by atoms with Gasteiger partial charge in [0.2, 0.25) is 0 Å². The van der Waals surface area contributed by atoms with Crippen LogP contribution in [0.15, 0.2) is 12.1 Å². The molecule has 0 saturated carbocycles. The Labute approximate surface area is 82.7 Å². The number of ketones is 1. The van der Waals surface area contributed by atoms with Gasteiger partial charge in [-0.2, -0.15) is 0 Å². The molecule has 0 bridgehead atoms. The lowest BCUT2D eigenvalue weighted by atomic mass is 9.88. The van der Waals surface area contributed by atoms with Gasteiger partial charge in [-0.05, 0) is 43.0 Å². The van der Waals surface area contributed by atoms with Gasteiger partial charge in [0, 0.05) is 17.0 Å². The molecule has 1 aliphatic rings. The summed E-state index contributed by atoms with van der Waals surface area (Å²) in [4.78, 5) is 11.5. The number of halogens is 1. The maximum atomic E-state index is 11.5. The van der Waals surface area contributed by atoms with Crippen molar-refractivity contribution in [1.29, 1.82) is 0 Å². The van der Waals surface area contributed by atoms with Crippen molar-refractivity contribution in [1.82, 2.24) is 0 Å². The van der Waals surface area contributed by atoms with Crippen molar-refractivity contribution in [3.63, 3.8) is 0 Å². The van der Waals surface area contributed by atoms with Gasteiger partial charge in [0.1, 0.15) is 0 Å². The maximum Gasteiger partial charge on any atom is 0.163 e. The fourth-order valence-electron chi connectivity index (χ4n) is 1.91. The van der Waals surface area contributed by atoms with Crippen molar-refractivity contribution in [2.75, 3.05) is 0 Å². The number of Topliss-reactive ketones (excluding diaryl/α,β-unsaturated/α-hetero) is 1. The SMILES string of the molecule is Cc1cc(Cl)cc2c1CCCC2=O. The summed E-state index contributed by atoms with van der Waals surface area (Å²) in [7, 11) is 0. The Morgan fingerprint density at radius 2 is 2.08 bits per heavy atom. The van der Waals surface area contributed by atoms with Gasteiger partial charge < -0.3 is 0 Å². The van der Waals surface area contributed by atoms with Gasteiger partial charge in [-0.3, -0.25) is 4.79 Å². The van der Waals surface area contributed by atoms with Crippen LogP contribution in [0.5, 0.6) is 0 Å². The van der Waals surface area contributed by atoms with E-state index in [9.17, 15) is 4.79 Å². The largest absolute Gasteiger partial charge is 0.294 e. The smallest absolute Gasteiger partial charge is 0.163 e. The van der Waals surface area contributed by atoms with Crippen LogP contribution in [-0.2, 0) is 6.42 Å². The van der Waals surface area contributed by atoms with Crippen molar-refractivity contribution < 1.29 is 4.79 Å². The predicted molar refractivity (Wildman–Crippen MR) is 53.5 cm³/mol. The molecule has 0 unspecified atom stereocenters. The molecule has 0 heterocycles. The van der Waals surface area contributed by atoms with Gasteiger partial charge in [-0.1, -0.05) is 11.6 Å². The van der Waals surface area contributed by atoms with Crippen LogP contribution in [0.1, 0.15) is 34.3 Å². The van der Waals surface area contributed by atoms with E-state index in [0.717, 1.165) is 24.0 Å². The van der Waals surface area contributed by atoms with Crippen LogP contribution in [0.3, 0.4) is 0 Å². The fraction of sp³-hybridized carbons (Fsp3) is 0.364. The molecule has 0 radical (unpaired) electrons. The van der Waals surface area contributed by atoms with E-state index in [2.05, 4.69) is 0 Å². The second kappa shape index (κ2) is 3.15. The summed E-state index contributed by atoms with van der Waals surface area (Å²) in [6.07, 6.45) is 2.67. The van der Waals surface area contributed by atoms with Gasteiger partial charge in [0.05, 0.1) is 0 Å². The first kappa shape index (κ1) is 8.76. The summed E-state index contributed by atoms with van der Waals surface area (Å²) >= 11 is 5.90. The molecule has 0 amide bonds. The Hall–Kier alpha value is -0.820. The number of rotatable bonds is 0. The number of carbonyl (C=O) groups excluding carboxylic acids is 1. The van der Waals surface area contributed by atoms with E-state index in [1.54, 1.807) is 6.07 Å². The van der Waals surface area contributed by atoms with Crippen LogP contribution in [0.4, 0.5) is 0 Å². The zero-order valence-electron chi connectivity index (χ0n) is 7.56. The molecule has 1 aromatic carbocycles. The molecule has 0 spiro atoms. The molecule has 0 fully saturated rings. The molecule has 1 aliphatic carbocycles. The molecule has 0 aromatic heterocycles. The van der Waals surface area contributed by atoms with Crippen LogP contribution in [-0.4, -0.2) is 5.78 Å². The first-order valence-corrected chi connectivity index (χ1v) is 4.88. The molecule has 0 aliphatic heterocycles. The zero-order valence-corrected chi connectivity index (χ0v) is 8.32. The van der Waals surface area contributed by atoms with E-state index >= 15 is 0 Å². The highest BCUT2D eigenvalue weighted by atomic mass is 35.5. The van der Waals surface area contributed by atoms with Crippen molar-refractivity contribution in [2.24, 2.45) is 0 Å². The summed E-state index contributed by atoms with van der Waals surface area (Å²) in [5.41, 5.74) is 3.19. The normalized spacial score (nSPS) is 15.7. The van der Waals surface area contributed by atoms with Crippen LogP contribution in [0.25, 0.3) is 0 Å².